The minimum atomic E-state index is -0.366. The summed E-state index contributed by atoms with van der Waals surface area (Å²) in [6.07, 6.45) is 0. The molecule has 0 spiro atoms. The number of thioether (sulfide) groups is 1. The zero-order valence-electron chi connectivity index (χ0n) is 16.0. The summed E-state index contributed by atoms with van der Waals surface area (Å²) < 4.78 is 15.6. The molecule has 0 unspecified atom stereocenters. The molecule has 146 valence electrons. The minimum Gasteiger partial charge on any atom is -0.325 e. The number of carbonyl (C=O) groups is 1. The van der Waals surface area contributed by atoms with Gasteiger partial charge in [0.1, 0.15) is 12.4 Å². The number of aromatic amines is 1. The molecule has 0 fully saturated rings. The van der Waals surface area contributed by atoms with Crippen molar-refractivity contribution in [1.82, 2.24) is 4.98 Å². The molecule has 2 N–H and O–H groups in total. The molecule has 4 rings (SSSR count). The van der Waals surface area contributed by atoms with E-state index in [-0.39, 0.29) is 17.5 Å². The van der Waals surface area contributed by atoms with E-state index in [9.17, 15) is 9.18 Å². The van der Waals surface area contributed by atoms with Crippen molar-refractivity contribution in [1.29, 1.82) is 0 Å². The van der Waals surface area contributed by atoms with E-state index in [1.807, 2.05) is 43.3 Å². The molecule has 0 saturated heterocycles. The van der Waals surface area contributed by atoms with Gasteiger partial charge < -0.3 is 5.32 Å². The van der Waals surface area contributed by atoms with Gasteiger partial charge in [0, 0.05) is 5.69 Å². The first-order valence-electron chi connectivity index (χ1n) is 9.33. The van der Waals surface area contributed by atoms with Gasteiger partial charge in [0.25, 0.3) is 0 Å². The molecule has 4 aromatic rings. The summed E-state index contributed by atoms with van der Waals surface area (Å²) in [5, 5.41) is 3.71. The van der Waals surface area contributed by atoms with Crippen LogP contribution in [0.4, 0.5) is 10.1 Å². The number of hydrogen-bond donors (Lipinski definition) is 2. The van der Waals surface area contributed by atoms with E-state index in [1.54, 1.807) is 6.07 Å². The maximum atomic E-state index is 13.5. The number of hydrogen-bond acceptors (Lipinski definition) is 2. The number of H-pyrrole nitrogens is 1. The maximum absolute atomic E-state index is 13.5. The maximum Gasteiger partial charge on any atom is 0.317 e. The van der Waals surface area contributed by atoms with E-state index in [0.717, 1.165) is 21.8 Å². The van der Waals surface area contributed by atoms with E-state index in [0.29, 0.717) is 12.2 Å². The van der Waals surface area contributed by atoms with Crippen molar-refractivity contribution in [3.05, 3.63) is 89.7 Å². The topological polar surface area (TPSA) is 48.8 Å². The number of benzene rings is 3. The molecular formula is C23H21FN3OS+. The molecule has 1 heterocycles. The first kappa shape index (κ1) is 19.2. The van der Waals surface area contributed by atoms with Gasteiger partial charge in [0.15, 0.2) is 11.0 Å². The van der Waals surface area contributed by atoms with Crippen LogP contribution in [0.3, 0.4) is 0 Å². The normalized spacial score (nSPS) is 11.0. The second-order valence-electron chi connectivity index (χ2n) is 6.82. The number of rotatable bonds is 6. The van der Waals surface area contributed by atoms with Crippen molar-refractivity contribution < 1.29 is 13.8 Å². The lowest BCUT2D eigenvalue weighted by atomic mass is 10.2. The first-order chi connectivity index (χ1) is 14.1. The number of aromatic nitrogens is 2. The number of carbonyl (C=O) groups excluding carboxylic acids is 1. The molecule has 1 amide bonds. The van der Waals surface area contributed by atoms with E-state index in [1.165, 1.54) is 29.5 Å². The molecule has 0 radical (unpaired) electrons. The summed E-state index contributed by atoms with van der Waals surface area (Å²) in [5.41, 5.74) is 4.62. The van der Waals surface area contributed by atoms with Crippen molar-refractivity contribution in [3.63, 3.8) is 0 Å². The second kappa shape index (κ2) is 8.49. The number of para-hydroxylation sites is 2. The summed E-state index contributed by atoms with van der Waals surface area (Å²) >= 11 is 1.43. The third-order valence-electron chi connectivity index (χ3n) is 4.68. The first-order valence-corrected chi connectivity index (χ1v) is 10.3. The number of anilines is 1. The predicted octanol–water partition coefficient (Wildman–Crippen LogP) is 4.68. The van der Waals surface area contributed by atoms with Crippen LogP contribution in [0.1, 0.15) is 11.1 Å². The van der Waals surface area contributed by atoms with Crippen LogP contribution in [-0.4, -0.2) is 16.6 Å². The second-order valence-corrected chi connectivity index (χ2v) is 7.78. The third-order valence-corrected chi connectivity index (χ3v) is 5.68. The fourth-order valence-corrected chi connectivity index (χ4v) is 4.03. The monoisotopic (exact) mass is 406 g/mol. The highest BCUT2D eigenvalue weighted by molar-refractivity contribution is 7.99. The van der Waals surface area contributed by atoms with Gasteiger partial charge in [0.05, 0.1) is 5.75 Å². The van der Waals surface area contributed by atoms with Gasteiger partial charge in [-0.25, -0.2) is 13.9 Å². The van der Waals surface area contributed by atoms with Crippen LogP contribution in [0.25, 0.3) is 11.0 Å². The molecule has 0 saturated carbocycles. The van der Waals surface area contributed by atoms with Gasteiger partial charge in [-0.05, 0) is 54.1 Å². The molecule has 6 heteroatoms. The molecular weight excluding hydrogens is 385 g/mol. The number of nitrogens with one attached hydrogen (secondary N) is 2. The Morgan fingerprint density at radius 2 is 1.83 bits per heavy atom. The Kier molecular flexibility index (Phi) is 5.62. The van der Waals surface area contributed by atoms with Crippen LogP contribution in [0.2, 0.25) is 0 Å². The lowest BCUT2D eigenvalue weighted by Crippen LogP contribution is -2.35. The molecule has 0 bridgehead atoms. The van der Waals surface area contributed by atoms with Gasteiger partial charge in [-0.3, -0.25) is 4.79 Å². The fourth-order valence-electron chi connectivity index (χ4n) is 3.19. The lowest BCUT2D eigenvalue weighted by Gasteiger charge is -2.08. The summed E-state index contributed by atoms with van der Waals surface area (Å²) in [6.45, 7) is 2.55. The Morgan fingerprint density at radius 3 is 2.66 bits per heavy atom. The van der Waals surface area contributed by atoms with Gasteiger partial charge in [0.2, 0.25) is 5.91 Å². The summed E-state index contributed by atoms with van der Waals surface area (Å²) in [6, 6.07) is 22.7. The van der Waals surface area contributed by atoms with Crippen LogP contribution in [-0.2, 0) is 11.3 Å². The Hall–Kier alpha value is -3.12. The number of aryl methyl sites for hydroxylation is 1. The average Bonchev–Trinajstić information content (AvgIpc) is 3.07. The number of halogens is 1. The zero-order chi connectivity index (χ0) is 20.2. The number of amides is 1. The molecule has 1 aromatic heterocycles. The van der Waals surface area contributed by atoms with E-state index >= 15 is 0 Å². The average molecular weight is 407 g/mol. The number of nitrogens with zero attached hydrogens (tertiary/aromatic N) is 1. The summed E-state index contributed by atoms with van der Waals surface area (Å²) in [4.78, 5) is 15.9. The van der Waals surface area contributed by atoms with Crippen molar-refractivity contribution in [3.8, 4) is 0 Å². The van der Waals surface area contributed by atoms with Crippen molar-refractivity contribution in [2.75, 3.05) is 11.1 Å². The standard InChI is InChI=1S/C23H20FN3OS/c1-16-11-12-18(24)13-20(16)25-22(28)15-29-23-26-19-9-5-6-10-21(19)27(23)14-17-7-3-2-4-8-17/h2-13H,14-15H2,1H3,(H,25,28)/p+1. The fraction of sp³-hybridized carbons (Fsp3) is 0.130. The molecule has 0 atom stereocenters. The largest absolute Gasteiger partial charge is 0.325 e. The molecule has 4 nitrogen and oxygen atoms in total. The van der Waals surface area contributed by atoms with Crippen molar-refractivity contribution in [2.24, 2.45) is 0 Å². The molecule has 29 heavy (non-hydrogen) atoms. The Bertz CT molecular complexity index is 1160. The van der Waals surface area contributed by atoms with Crippen LogP contribution in [0.5, 0.6) is 0 Å². The van der Waals surface area contributed by atoms with Crippen LogP contribution in [0, 0.1) is 12.7 Å². The molecule has 3 aromatic carbocycles. The third kappa shape index (κ3) is 4.49. The molecule has 0 aliphatic rings. The number of imidazole rings is 1. The van der Waals surface area contributed by atoms with Crippen LogP contribution < -0.4 is 9.88 Å². The quantitative estimate of drug-likeness (QED) is 0.361. The smallest absolute Gasteiger partial charge is 0.317 e. The van der Waals surface area contributed by atoms with E-state index < -0.39 is 0 Å². The van der Waals surface area contributed by atoms with Crippen LogP contribution >= 0.6 is 11.8 Å². The van der Waals surface area contributed by atoms with Gasteiger partial charge in [-0.1, -0.05) is 48.5 Å². The Labute approximate surface area is 172 Å². The van der Waals surface area contributed by atoms with Gasteiger partial charge in [-0.15, -0.1) is 0 Å². The van der Waals surface area contributed by atoms with Gasteiger partial charge in [-0.2, -0.15) is 0 Å². The van der Waals surface area contributed by atoms with Crippen molar-refractivity contribution in [2.45, 2.75) is 18.6 Å². The highest BCUT2D eigenvalue weighted by atomic mass is 32.2. The van der Waals surface area contributed by atoms with Crippen molar-refractivity contribution >= 4 is 34.4 Å². The summed E-state index contributed by atoms with van der Waals surface area (Å²) in [5.74, 6) is -0.319. The Morgan fingerprint density at radius 1 is 1.07 bits per heavy atom. The van der Waals surface area contributed by atoms with E-state index in [2.05, 4.69) is 33.1 Å². The van der Waals surface area contributed by atoms with E-state index in [4.69, 9.17) is 0 Å². The summed E-state index contributed by atoms with van der Waals surface area (Å²) in [7, 11) is 0. The SMILES string of the molecule is Cc1ccc(F)cc1NC(=O)CSc1[nH]c2ccccc2[n+]1Cc1ccccc1. The zero-order valence-corrected chi connectivity index (χ0v) is 16.8. The Balaban J connectivity index is 1.53. The van der Waals surface area contributed by atoms with Crippen LogP contribution in [0.15, 0.2) is 78.0 Å². The lowest BCUT2D eigenvalue weighted by molar-refractivity contribution is -0.700. The number of fused-ring (bicyclic) bond motifs is 1. The molecule has 0 aliphatic carbocycles. The minimum absolute atomic E-state index is 0.173. The van der Waals surface area contributed by atoms with Gasteiger partial charge >= 0.3 is 5.16 Å². The predicted molar refractivity (Wildman–Crippen MR) is 115 cm³/mol. The highest BCUT2D eigenvalue weighted by Gasteiger charge is 2.20. The molecule has 0 aliphatic heterocycles. The highest BCUT2D eigenvalue weighted by Crippen LogP contribution is 2.20.